The zero-order chi connectivity index (χ0) is 24.5. The number of aryl methyl sites for hydroxylation is 1. The van der Waals surface area contributed by atoms with Gasteiger partial charge in [-0.1, -0.05) is 24.3 Å². The zero-order valence-electron chi connectivity index (χ0n) is 18.0. The van der Waals surface area contributed by atoms with Gasteiger partial charge < -0.3 is 14.6 Å². The number of nitrogens with zero attached hydrogens (tertiary/aromatic N) is 4. The quantitative estimate of drug-likeness (QED) is 0.424. The third kappa shape index (κ3) is 4.49. The first-order chi connectivity index (χ1) is 16.2. The fourth-order valence-corrected chi connectivity index (χ4v) is 3.47. The van der Waals surface area contributed by atoms with Gasteiger partial charge in [0.15, 0.2) is 11.4 Å². The van der Waals surface area contributed by atoms with Gasteiger partial charge >= 0.3 is 6.18 Å². The van der Waals surface area contributed by atoms with Crippen molar-refractivity contribution >= 4 is 5.91 Å². The smallest absolute Gasteiger partial charge is 0.416 e. The fraction of sp³-hybridized carbons (Fsp3) is 0.174. The van der Waals surface area contributed by atoms with Crippen molar-refractivity contribution in [2.75, 3.05) is 7.11 Å². The van der Waals surface area contributed by atoms with Gasteiger partial charge in [-0.25, -0.2) is 14.1 Å². The highest BCUT2D eigenvalue weighted by atomic mass is 19.4. The molecule has 1 atom stereocenters. The normalized spacial score (nSPS) is 12.4. The van der Waals surface area contributed by atoms with Crippen molar-refractivity contribution in [1.29, 1.82) is 0 Å². The summed E-state index contributed by atoms with van der Waals surface area (Å²) in [6.45, 7) is 0. The van der Waals surface area contributed by atoms with E-state index < -0.39 is 29.5 Å². The number of nitrogens with one attached hydrogen (secondary N) is 1. The predicted molar refractivity (Wildman–Crippen MR) is 114 cm³/mol. The molecule has 11 heteroatoms. The van der Waals surface area contributed by atoms with E-state index >= 15 is 0 Å². The average Bonchev–Trinajstić information content (AvgIpc) is 3.44. The first-order valence-corrected chi connectivity index (χ1v) is 10.0. The van der Waals surface area contributed by atoms with Gasteiger partial charge in [0.05, 0.1) is 24.6 Å². The van der Waals surface area contributed by atoms with Gasteiger partial charge in [-0.3, -0.25) is 4.79 Å². The summed E-state index contributed by atoms with van der Waals surface area (Å²) < 4.78 is 61.9. The molecule has 1 N–H and O–H groups in total. The first kappa shape index (κ1) is 23.0. The predicted octanol–water partition coefficient (Wildman–Crippen LogP) is 4.29. The molecule has 2 aromatic heterocycles. The summed E-state index contributed by atoms with van der Waals surface area (Å²) >= 11 is 0. The van der Waals surface area contributed by atoms with Crippen molar-refractivity contribution in [2.24, 2.45) is 7.05 Å². The van der Waals surface area contributed by atoms with Crippen LogP contribution in [0.4, 0.5) is 17.6 Å². The van der Waals surface area contributed by atoms with Crippen LogP contribution in [0.2, 0.25) is 0 Å². The van der Waals surface area contributed by atoms with Crippen LogP contribution in [-0.2, 0) is 13.2 Å². The second-order valence-corrected chi connectivity index (χ2v) is 7.36. The second kappa shape index (κ2) is 9.00. The van der Waals surface area contributed by atoms with Crippen molar-refractivity contribution in [3.05, 3.63) is 95.6 Å². The average molecular weight is 473 g/mol. The largest absolute Gasteiger partial charge is 0.493 e. The molecule has 4 aromatic rings. The van der Waals surface area contributed by atoms with E-state index in [2.05, 4.69) is 15.4 Å². The van der Waals surface area contributed by atoms with Gasteiger partial charge in [-0.05, 0) is 24.3 Å². The highest BCUT2D eigenvalue weighted by Gasteiger charge is 2.31. The van der Waals surface area contributed by atoms with Gasteiger partial charge in [0.2, 0.25) is 0 Å². The molecule has 0 saturated heterocycles. The summed E-state index contributed by atoms with van der Waals surface area (Å²) in [5.74, 6) is -0.868. The fourth-order valence-electron chi connectivity index (χ4n) is 3.47. The van der Waals surface area contributed by atoms with E-state index in [1.807, 2.05) is 0 Å². The summed E-state index contributed by atoms with van der Waals surface area (Å²) in [5, 5.41) is 6.85. The van der Waals surface area contributed by atoms with E-state index in [0.29, 0.717) is 5.82 Å². The Morgan fingerprint density at radius 3 is 2.56 bits per heavy atom. The minimum atomic E-state index is -4.54. The Kier molecular flexibility index (Phi) is 6.10. The molecule has 0 bridgehead atoms. The van der Waals surface area contributed by atoms with Gasteiger partial charge in [0.25, 0.3) is 5.91 Å². The number of methoxy groups -OCH3 is 1. The number of rotatable bonds is 6. The summed E-state index contributed by atoms with van der Waals surface area (Å²) in [6, 6.07) is 9.47. The topological polar surface area (TPSA) is 74.0 Å². The van der Waals surface area contributed by atoms with Crippen LogP contribution in [-0.4, -0.2) is 32.3 Å². The molecule has 0 spiro atoms. The summed E-state index contributed by atoms with van der Waals surface area (Å²) in [5.41, 5.74) is -0.779. The molecule has 1 amide bonds. The Labute approximate surface area is 191 Å². The maximum atomic E-state index is 14.6. The van der Waals surface area contributed by atoms with Crippen molar-refractivity contribution in [3.8, 4) is 11.4 Å². The van der Waals surface area contributed by atoms with Crippen LogP contribution in [0.3, 0.4) is 0 Å². The molecule has 2 heterocycles. The minimum Gasteiger partial charge on any atom is -0.493 e. The van der Waals surface area contributed by atoms with E-state index in [4.69, 9.17) is 4.74 Å². The lowest BCUT2D eigenvalue weighted by molar-refractivity contribution is -0.137. The number of carbonyl (C=O) groups is 1. The number of halogens is 4. The van der Waals surface area contributed by atoms with Crippen molar-refractivity contribution in [3.63, 3.8) is 0 Å². The summed E-state index contributed by atoms with van der Waals surface area (Å²) in [7, 11) is 3.00. The Morgan fingerprint density at radius 2 is 1.91 bits per heavy atom. The van der Waals surface area contributed by atoms with Gasteiger partial charge in [0, 0.05) is 25.0 Å². The lowest BCUT2D eigenvalue weighted by Gasteiger charge is -2.19. The number of carbonyl (C=O) groups excluding carboxylic acids is 1. The van der Waals surface area contributed by atoms with Crippen LogP contribution in [0.25, 0.3) is 5.69 Å². The molecule has 0 fully saturated rings. The molecular formula is C23H19F4N5O2. The minimum absolute atomic E-state index is 0.0297. The second-order valence-electron chi connectivity index (χ2n) is 7.36. The molecule has 0 aliphatic carbocycles. The van der Waals surface area contributed by atoms with E-state index in [-0.39, 0.29) is 22.7 Å². The Bertz CT molecular complexity index is 1330. The van der Waals surface area contributed by atoms with Crippen molar-refractivity contribution in [1.82, 2.24) is 24.6 Å². The number of amides is 1. The lowest BCUT2D eigenvalue weighted by Crippen LogP contribution is -2.32. The Hall–Kier alpha value is -4.15. The highest BCUT2D eigenvalue weighted by Crippen LogP contribution is 2.31. The highest BCUT2D eigenvalue weighted by molar-refractivity contribution is 5.95. The van der Waals surface area contributed by atoms with Crippen molar-refractivity contribution < 1.29 is 27.1 Å². The van der Waals surface area contributed by atoms with Crippen LogP contribution in [0.15, 0.2) is 67.1 Å². The van der Waals surface area contributed by atoms with Crippen LogP contribution >= 0.6 is 0 Å². The number of hydrogen-bond acceptors (Lipinski definition) is 4. The van der Waals surface area contributed by atoms with Crippen LogP contribution < -0.4 is 10.1 Å². The molecule has 0 radical (unpaired) electrons. The Balaban J connectivity index is 1.71. The van der Waals surface area contributed by atoms with E-state index in [0.717, 1.165) is 16.8 Å². The molecular weight excluding hydrogens is 454 g/mol. The molecule has 34 heavy (non-hydrogen) atoms. The molecule has 4 rings (SSSR count). The molecule has 0 saturated carbocycles. The molecule has 1 unspecified atom stereocenters. The standard InChI is InChI=1S/C23H19F4N5O2/c1-31-11-10-28-21(31)19(16-8-3-4-9-17(16)24)29-22(33)20-18(34-2)13-32(30-20)15-7-5-6-14(12-15)23(25,26)27/h3-13,19H,1-2H3,(H,29,33). The SMILES string of the molecule is COc1cn(-c2cccc(C(F)(F)F)c2)nc1C(=O)NC(c1ccccc1F)c1nccn1C. The van der Waals surface area contributed by atoms with Crippen molar-refractivity contribution in [2.45, 2.75) is 12.2 Å². The molecule has 7 nitrogen and oxygen atoms in total. The Morgan fingerprint density at radius 1 is 1.15 bits per heavy atom. The maximum Gasteiger partial charge on any atom is 0.416 e. The molecule has 0 aliphatic heterocycles. The number of aromatic nitrogens is 4. The van der Waals surface area contributed by atoms with Gasteiger partial charge in [0.1, 0.15) is 17.7 Å². The number of imidazole rings is 1. The zero-order valence-corrected chi connectivity index (χ0v) is 18.0. The summed E-state index contributed by atoms with van der Waals surface area (Å²) in [6.07, 6.45) is -0.0810. The van der Waals surface area contributed by atoms with Crippen LogP contribution in [0.5, 0.6) is 5.75 Å². The van der Waals surface area contributed by atoms with E-state index in [1.54, 1.807) is 23.9 Å². The number of benzene rings is 2. The maximum absolute atomic E-state index is 14.6. The number of alkyl halides is 3. The number of hydrogen-bond donors (Lipinski definition) is 1. The lowest BCUT2D eigenvalue weighted by atomic mass is 10.1. The van der Waals surface area contributed by atoms with Gasteiger partial charge in [-0.2, -0.15) is 18.3 Å². The molecule has 2 aromatic carbocycles. The van der Waals surface area contributed by atoms with Crippen LogP contribution in [0, 0.1) is 5.82 Å². The molecule has 176 valence electrons. The van der Waals surface area contributed by atoms with Crippen LogP contribution in [0.1, 0.15) is 33.5 Å². The van der Waals surface area contributed by atoms with E-state index in [9.17, 15) is 22.4 Å². The third-order valence-corrected chi connectivity index (χ3v) is 5.16. The third-order valence-electron chi connectivity index (χ3n) is 5.16. The van der Waals surface area contributed by atoms with E-state index in [1.165, 1.54) is 49.8 Å². The first-order valence-electron chi connectivity index (χ1n) is 10.0. The monoisotopic (exact) mass is 473 g/mol. The van der Waals surface area contributed by atoms with Gasteiger partial charge in [-0.15, -0.1) is 0 Å². The molecule has 0 aliphatic rings. The summed E-state index contributed by atoms with van der Waals surface area (Å²) in [4.78, 5) is 17.4. The number of ether oxygens (including phenoxy) is 1.